The SMILES string of the molecule is COc1ccc(Cl)cc1NC(=O)C(C)OC(=O)c1ccc(S(=O)(=O)N2CCOCC2)cc1. The Bertz CT molecular complexity index is 1080. The second-order valence-electron chi connectivity index (χ2n) is 6.92. The molecule has 1 aliphatic rings. The van der Waals surface area contributed by atoms with Gasteiger partial charge in [-0.2, -0.15) is 4.31 Å². The largest absolute Gasteiger partial charge is 0.495 e. The number of benzene rings is 2. The molecule has 1 N–H and O–H groups in total. The molecule has 1 unspecified atom stereocenters. The number of esters is 1. The van der Waals surface area contributed by atoms with Crippen molar-refractivity contribution in [1.29, 1.82) is 0 Å². The molecule has 1 heterocycles. The summed E-state index contributed by atoms with van der Waals surface area (Å²) in [5.41, 5.74) is 0.455. The van der Waals surface area contributed by atoms with E-state index in [2.05, 4.69) is 5.32 Å². The molecule has 1 amide bonds. The van der Waals surface area contributed by atoms with Crippen molar-refractivity contribution in [2.75, 3.05) is 38.7 Å². The number of carbonyl (C=O) groups excluding carboxylic acids is 2. The van der Waals surface area contributed by atoms with E-state index in [1.165, 1.54) is 48.7 Å². The molecule has 0 saturated carbocycles. The van der Waals surface area contributed by atoms with E-state index in [0.29, 0.717) is 29.7 Å². The van der Waals surface area contributed by atoms with Crippen molar-refractivity contribution in [2.24, 2.45) is 0 Å². The maximum Gasteiger partial charge on any atom is 0.338 e. The fourth-order valence-electron chi connectivity index (χ4n) is 2.99. The summed E-state index contributed by atoms with van der Waals surface area (Å²) in [6, 6.07) is 10.1. The summed E-state index contributed by atoms with van der Waals surface area (Å²) in [6.07, 6.45) is -1.12. The molecule has 1 aliphatic heterocycles. The van der Waals surface area contributed by atoms with Crippen molar-refractivity contribution in [1.82, 2.24) is 4.31 Å². The van der Waals surface area contributed by atoms with Crippen LogP contribution in [0.3, 0.4) is 0 Å². The lowest BCUT2D eigenvalue weighted by atomic mass is 10.2. The molecular formula is C21H23ClN2O7S. The van der Waals surface area contributed by atoms with Crippen LogP contribution >= 0.6 is 11.6 Å². The van der Waals surface area contributed by atoms with Crippen molar-refractivity contribution in [3.05, 3.63) is 53.1 Å². The van der Waals surface area contributed by atoms with Crippen molar-refractivity contribution in [3.63, 3.8) is 0 Å². The molecular weight excluding hydrogens is 460 g/mol. The van der Waals surface area contributed by atoms with Gasteiger partial charge in [0.05, 0.1) is 36.5 Å². The summed E-state index contributed by atoms with van der Waals surface area (Å²) in [5, 5.41) is 3.00. The summed E-state index contributed by atoms with van der Waals surface area (Å²) >= 11 is 5.95. The predicted molar refractivity (Wildman–Crippen MR) is 118 cm³/mol. The number of halogens is 1. The lowest BCUT2D eigenvalue weighted by molar-refractivity contribution is -0.123. The van der Waals surface area contributed by atoms with Gasteiger partial charge in [-0.15, -0.1) is 0 Å². The lowest BCUT2D eigenvalue weighted by Crippen LogP contribution is -2.40. The van der Waals surface area contributed by atoms with E-state index in [1.54, 1.807) is 12.1 Å². The monoisotopic (exact) mass is 482 g/mol. The molecule has 0 aliphatic carbocycles. The zero-order valence-corrected chi connectivity index (χ0v) is 19.1. The number of morpholine rings is 1. The average molecular weight is 483 g/mol. The number of ether oxygens (including phenoxy) is 3. The Morgan fingerprint density at radius 1 is 1.12 bits per heavy atom. The van der Waals surface area contributed by atoms with Gasteiger partial charge in [0.15, 0.2) is 6.10 Å². The maximum absolute atomic E-state index is 12.7. The third-order valence-electron chi connectivity index (χ3n) is 4.77. The average Bonchev–Trinajstić information content (AvgIpc) is 2.79. The van der Waals surface area contributed by atoms with Crippen LogP contribution in [0, 0.1) is 0 Å². The minimum Gasteiger partial charge on any atom is -0.495 e. The first-order valence-corrected chi connectivity index (χ1v) is 11.6. The number of carbonyl (C=O) groups is 2. The highest BCUT2D eigenvalue weighted by molar-refractivity contribution is 7.89. The highest BCUT2D eigenvalue weighted by atomic mass is 35.5. The number of anilines is 1. The van der Waals surface area contributed by atoms with Crippen LogP contribution in [-0.4, -0.2) is 64.1 Å². The van der Waals surface area contributed by atoms with Crippen molar-refractivity contribution in [3.8, 4) is 5.75 Å². The van der Waals surface area contributed by atoms with E-state index in [0.717, 1.165) is 0 Å². The van der Waals surface area contributed by atoms with E-state index < -0.39 is 28.0 Å². The molecule has 0 aromatic heterocycles. The van der Waals surface area contributed by atoms with Gasteiger partial charge in [0, 0.05) is 18.1 Å². The molecule has 3 rings (SSSR count). The summed E-state index contributed by atoms with van der Waals surface area (Å²) in [7, 11) is -2.22. The van der Waals surface area contributed by atoms with Gasteiger partial charge in [0.25, 0.3) is 5.91 Å². The summed E-state index contributed by atoms with van der Waals surface area (Å²) < 4.78 is 42.2. The van der Waals surface area contributed by atoms with Gasteiger partial charge in [-0.05, 0) is 49.4 Å². The summed E-state index contributed by atoms with van der Waals surface area (Å²) in [5.74, 6) is -0.940. The Balaban J connectivity index is 1.64. The molecule has 0 spiro atoms. The van der Waals surface area contributed by atoms with E-state index >= 15 is 0 Å². The van der Waals surface area contributed by atoms with Crippen molar-refractivity contribution in [2.45, 2.75) is 17.9 Å². The van der Waals surface area contributed by atoms with Crippen molar-refractivity contribution >= 4 is 39.2 Å². The topological polar surface area (TPSA) is 111 Å². The van der Waals surface area contributed by atoms with Gasteiger partial charge in [0.2, 0.25) is 10.0 Å². The van der Waals surface area contributed by atoms with Crippen LogP contribution in [0.5, 0.6) is 5.75 Å². The standard InChI is InChI=1S/C21H23ClN2O7S/c1-14(20(25)23-18-13-16(22)5-8-19(18)29-2)31-21(26)15-3-6-17(7-4-15)32(27,28)24-9-11-30-12-10-24/h3-8,13-14H,9-12H2,1-2H3,(H,23,25). The molecule has 1 atom stereocenters. The number of methoxy groups -OCH3 is 1. The lowest BCUT2D eigenvalue weighted by Gasteiger charge is -2.26. The minimum atomic E-state index is -3.67. The minimum absolute atomic E-state index is 0.0646. The Morgan fingerprint density at radius 2 is 1.78 bits per heavy atom. The zero-order valence-electron chi connectivity index (χ0n) is 17.5. The number of rotatable bonds is 7. The first kappa shape index (κ1) is 24.0. The molecule has 0 bridgehead atoms. The van der Waals surface area contributed by atoms with Crippen molar-refractivity contribution < 1.29 is 32.2 Å². The maximum atomic E-state index is 12.7. The zero-order chi connectivity index (χ0) is 23.3. The van der Waals surface area contributed by atoms with Gasteiger partial charge in [-0.1, -0.05) is 11.6 Å². The van der Waals surface area contributed by atoms with Gasteiger partial charge < -0.3 is 19.5 Å². The summed E-state index contributed by atoms with van der Waals surface area (Å²) in [6.45, 7) is 2.64. The van der Waals surface area contributed by atoms with Gasteiger partial charge in [-0.3, -0.25) is 4.79 Å². The Labute approximate surface area is 191 Å². The van der Waals surface area contributed by atoms with Gasteiger partial charge >= 0.3 is 5.97 Å². The molecule has 2 aromatic rings. The fraction of sp³-hybridized carbons (Fsp3) is 0.333. The smallest absolute Gasteiger partial charge is 0.338 e. The Kier molecular flexibility index (Phi) is 7.73. The first-order valence-electron chi connectivity index (χ1n) is 9.75. The normalized spacial score (nSPS) is 15.6. The molecule has 1 saturated heterocycles. The molecule has 172 valence electrons. The van der Waals surface area contributed by atoms with Crippen LogP contribution in [0.1, 0.15) is 17.3 Å². The quantitative estimate of drug-likeness (QED) is 0.603. The number of nitrogens with one attached hydrogen (secondary N) is 1. The number of nitrogens with zero attached hydrogens (tertiary/aromatic N) is 1. The fourth-order valence-corrected chi connectivity index (χ4v) is 4.57. The molecule has 11 heteroatoms. The number of amides is 1. The third kappa shape index (κ3) is 5.57. The highest BCUT2D eigenvalue weighted by Gasteiger charge is 2.27. The molecule has 0 radical (unpaired) electrons. The van der Waals surface area contributed by atoms with Gasteiger partial charge in [-0.25, -0.2) is 13.2 Å². The molecule has 9 nitrogen and oxygen atoms in total. The van der Waals surface area contributed by atoms with Crippen LogP contribution in [0.4, 0.5) is 5.69 Å². The molecule has 1 fully saturated rings. The third-order valence-corrected chi connectivity index (χ3v) is 6.92. The Hall–Kier alpha value is -2.66. The van der Waals surface area contributed by atoms with E-state index in [4.69, 9.17) is 25.8 Å². The van der Waals surface area contributed by atoms with Crippen LogP contribution in [0.25, 0.3) is 0 Å². The van der Waals surface area contributed by atoms with E-state index in [1.807, 2.05) is 0 Å². The summed E-state index contributed by atoms with van der Waals surface area (Å²) in [4.78, 5) is 24.9. The second kappa shape index (κ2) is 10.3. The Morgan fingerprint density at radius 3 is 2.41 bits per heavy atom. The number of hydrogen-bond acceptors (Lipinski definition) is 7. The van der Waals surface area contributed by atoms with Crippen LogP contribution in [-0.2, 0) is 24.3 Å². The van der Waals surface area contributed by atoms with E-state index in [-0.39, 0.29) is 23.5 Å². The van der Waals surface area contributed by atoms with Crippen LogP contribution in [0.2, 0.25) is 5.02 Å². The number of sulfonamides is 1. The van der Waals surface area contributed by atoms with Crippen LogP contribution < -0.4 is 10.1 Å². The van der Waals surface area contributed by atoms with E-state index in [9.17, 15) is 18.0 Å². The molecule has 2 aromatic carbocycles. The van der Waals surface area contributed by atoms with Gasteiger partial charge in [0.1, 0.15) is 5.75 Å². The second-order valence-corrected chi connectivity index (χ2v) is 9.30. The van der Waals surface area contributed by atoms with Crippen LogP contribution in [0.15, 0.2) is 47.4 Å². The highest BCUT2D eigenvalue weighted by Crippen LogP contribution is 2.28. The predicted octanol–water partition coefficient (Wildman–Crippen LogP) is 2.55. The molecule has 32 heavy (non-hydrogen) atoms. The number of hydrogen-bond donors (Lipinski definition) is 1. The first-order chi connectivity index (χ1) is 15.2.